The summed E-state index contributed by atoms with van der Waals surface area (Å²) in [5, 5.41) is 5.09. The third kappa shape index (κ3) is 5.54. The molecule has 1 saturated heterocycles. The van der Waals surface area contributed by atoms with Crippen LogP contribution in [0, 0.1) is 0 Å². The van der Waals surface area contributed by atoms with Gasteiger partial charge in [0.1, 0.15) is 6.04 Å². The van der Waals surface area contributed by atoms with Gasteiger partial charge in [0.15, 0.2) is 0 Å². The number of halogens is 1. The molecule has 2 aromatic rings. The molecule has 150 valence electrons. The first-order chi connectivity index (χ1) is 13.6. The summed E-state index contributed by atoms with van der Waals surface area (Å²) >= 11 is 7.63. The first-order valence-corrected chi connectivity index (χ1v) is 10.6. The molecule has 1 aromatic carbocycles. The average Bonchev–Trinajstić information content (AvgIpc) is 3.09. The van der Waals surface area contributed by atoms with Gasteiger partial charge in [-0.3, -0.25) is 19.9 Å². The Morgan fingerprint density at radius 3 is 2.43 bits per heavy atom. The molecule has 0 spiro atoms. The number of rotatable bonds is 6. The highest BCUT2D eigenvalue weighted by molar-refractivity contribution is 7.16. The topological polar surface area (TPSA) is 64.7 Å². The van der Waals surface area contributed by atoms with Crippen LogP contribution in [0.15, 0.2) is 42.5 Å². The number of nitrogens with zero attached hydrogens (tertiary/aromatic N) is 2. The predicted octanol–water partition coefficient (Wildman–Crippen LogP) is 3.11. The molecule has 1 unspecified atom stereocenters. The molecule has 2 N–H and O–H groups in total. The van der Waals surface area contributed by atoms with E-state index in [2.05, 4.69) is 26.5 Å². The van der Waals surface area contributed by atoms with E-state index >= 15 is 0 Å². The van der Waals surface area contributed by atoms with Crippen LogP contribution >= 0.6 is 22.9 Å². The molecule has 3 amide bonds. The fourth-order valence-electron chi connectivity index (χ4n) is 3.39. The molecule has 2 heterocycles. The van der Waals surface area contributed by atoms with Gasteiger partial charge in [-0.1, -0.05) is 41.9 Å². The highest BCUT2D eigenvalue weighted by atomic mass is 35.5. The Bertz CT molecular complexity index is 791. The number of hydrogen-bond acceptors (Lipinski definition) is 5. The predicted molar refractivity (Wildman–Crippen MR) is 113 cm³/mol. The molecular weight excluding hydrogens is 396 g/mol. The van der Waals surface area contributed by atoms with E-state index in [4.69, 9.17) is 11.6 Å². The quantitative estimate of drug-likeness (QED) is 0.753. The molecule has 1 aliphatic rings. The lowest BCUT2D eigenvalue weighted by molar-refractivity contribution is -0.126. The minimum absolute atomic E-state index is 0.296. The lowest BCUT2D eigenvalue weighted by Crippen LogP contribution is -2.52. The Kier molecular flexibility index (Phi) is 7.44. The van der Waals surface area contributed by atoms with Crippen molar-refractivity contribution in [2.24, 2.45) is 0 Å². The van der Waals surface area contributed by atoms with Crippen LogP contribution in [0.4, 0.5) is 4.79 Å². The lowest BCUT2D eigenvalue weighted by atomic mass is 10.0. The lowest BCUT2D eigenvalue weighted by Gasteiger charge is -2.38. The summed E-state index contributed by atoms with van der Waals surface area (Å²) in [5.74, 6) is -0.296. The van der Waals surface area contributed by atoms with Crippen LogP contribution in [0.25, 0.3) is 0 Å². The van der Waals surface area contributed by atoms with Crippen molar-refractivity contribution >= 4 is 34.9 Å². The minimum Gasteiger partial charge on any atom is -0.338 e. The van der Waals surface area contributed by atoms with E-state index in [1.54, 1.807) is 11.3 Å². The van der Waals surface area contributed by atoms with Crippen LogP contribution in [0.1, 0.15) is 23.4 Å². The van der Waals surface area contributed by atoms with Crippen molar-refractivity contribution in [3.63, 3.8) is 0 Å². The Labute approximate surface area is 174 Å². The van der Waals surface area contributed by atoms with E-state index in [1.165, 1.54) is 4.88 Å². The Hall–Kier alpha value is -1.93. The van der Waals surface area contributed by atoms with Crippen molar-refractivity contribution in [2.45, 2.75) is 19.5 Å². The summed E-state index contributed by atoms with van der Waals surface area (Å²) in [6.07, 6.45) is 0. The van der Waals surface area contributed by atoms with Gasteiger partial charge in [-0.15, -0.1) is 11.3 Å². The first-order valence-electron chi connectivity index (χ1n) is 9.41. The monoisotopic (exact) mass is 420 g/mol. The molecule has 3 rings (SSSR count). The SMILES string of the molecule is CCNC(=O)NC(=O)C(c1ccccc1)N1CCN(Cc2ccc(Cl)s2)CC1. The maximum atomic E-state index is 12.9. The van der Waals surface area contributed by atoms with Crippen LogP contribution in [0.5, 0.6) is 0 Å². The third-order valence-electron chi connectivity index (χ3n) is 4.72. The largest absolute Gasteiger partial charge is 0.338 e. The summed E-state index contributed by atoms with van der Waals surface area (Å²) in [5.41, 5.74) is 0.891. The zero-order valence-corrected chi connectivity index (χ0v) is 17.4. The van der Waals surface area contributed by atoms with Crippen LogP contribution in [-0.4, -0.2) is 54.5 Å². The van der Waals surface area contributed by atoms with Crippen molar-refractivity contribution in [2.75, 3.05) is 32.7 Å². The molecule has 0 bridgehead atoms. The van der Waals surface area contributed by atoms with Gasteiger partial charge in [-0.05, 0) is 24.6 Å². The first kappa shape index (κ1) is 20.8. The number of amides is 3. The number of urea groups is 1. The number of thiophene rings is 1. The van der Waals surface area contributed by atoms with Crippen molar-refractivity contribution in [1.82, 2.24) is 20.4 Å². The second kappa shape index (κ2) is 10.0. The smallest absolute Gasteiger partial charge is 0.321 e. The minimum atomic E-state index is -0.484. The number of imide groups is 1. The molecule has 1 aromatic heterocycles. The zero-order valence-electron chi connectivity index (χ0n) is 15.9. The van der Waals surface area contributed by atoms with Gasteiger partial charge in [-0.25, -0.2) is 4.79 Å². The molecule has 0 aliphatic carbocycles. The van der Waals surface area contributed by atoms with Crippen molar-refractivity contribution in [3.8, 4) is 0 Å². The van der Waals surface area contributed by atoms with Gasteiger partial charge in [0.05, 0.1) is 4.34 Å². The van der Waals surface area contributed by atoms with Crippen molar-refractivity contribution < 1.29 is 9.59 Å². The Morgan fingerprint density at radius 1 is 1.11 bits per heavy atom. The van der Waals surface area contributed by atoms with Crippen LogP contribution in [0.2, 0.25) is 4.34 Å². The molecule has 0 radical (unpaired) electrons. The number of piperazine rings is 1. The molecule has 8 heteroatoms. The second-order valence-electron chi connectivity index (χ2n) is 6.68. The van der Waals surface area contributed by atoms with Gasteiger partial charge in [0.2, 0.25) is 5.91 Å². The van der Waals surface area contributed by atoms with E-state index in [0.29, 0.717) is 6.54 Å². The fraction of sp³-hybridized carbons (Fsp3) is 0.400. The molecule has 1 atom stereocenters. The number of carbonyl (C=O) groups is 2. The maximum absolute atomic E-state index is 12.9. The van der Waals surface area contributed by atoms with Crippen molar-refractivity contribution in [3.05, 3.63) is 57.2 Å². The maximum Gasteiger partial charge on any atom is 0.321 e. The van der Waals surface area contributed by atoms with Gasteiger partial charge >= 0.3 is 6.03 Å². The van der Waals surface area contributed by atoms with Gasteiger partial charge in [0, 0.05) is 44.1 Å². The molecule has 28 heavy (non-hydrogen) atoms. The van der Waals surface area contributed by atoms with E-state index in [-0.39, 0.29) is 5.91 Å². The van der Waals surface area contributed by atoms with Gasteiger partial charge in [0.25, 0.3) is 0 Å². The molecule has 6 nitrogen and oxygen atoms in total. The number of hydrogen-bond donors (Lipinski definition) is 2. The highest BCUT2D eigenvalue weighted by Gasteiger charge is 2.31. The molecular formula is C20H25ClN4O2S. The number of benzene rings is 1. The van der Waals surface area contributed by atoms with Crippen LogP contribution < -0.4 is 10.6 Å². The second-order valence-corrected chi connectivity index (χ2v) is 8.48. The van der Waals surface area contributed by atoms with E-state index in [9.17, 15) is 9.59 Å². The Balaban J connectivity index is 1.66. The standard InChI is InChI=1S/C20H25ClN4O2S/c1-2-22-20(27)23-19(26)18(15-6-4-3-5-7-15)25-12-10-24(11-13-25)14-16-8-9-17(21)28-16/h3-9,18H,2,10-14H2,1H3,(H2,22,23,26,27). The Morgan fingerprint density at radius 2 is 1.82 bits per heavy atom. The van der Waals surface area contributed by atoms with Crippen LogP contribution in [-0.2, 0) is 11.3 Å². The van der Waals surface area contributed by atoms with Crippen molar-refractivity contribution in [1.29, 1.82) is 0 Å². The average molecular weight is 421 g/mol. The fourth-order valence-corrected chi connectivity index (χ4v) is 4.52. The highest BCUT2D eigenvalue weighted by Crippen LogP contribution is 2.25. The molecule has 1 fully saturated rings. The van der Waals surface area contributed by atoms with E-state index in [0.717, 1.165) is 42.6 Å². The summed E-state index contributed by atoms with van der Waals surface area (Å²) in [6, 6.07) is 12.7. The normalized spacial score (nSPS) is 16.5. The number of nitrogens with one attached hydrogen (secondary N) is 2. The van der Waals surface area contributed by atoms with E-state index in [1.807, 2.05) is 43.3 Å². The summed E-state index contributed by atoms with van der Waals surface area (Å²) in [4.78, 5) is 30.5. The third-order valence-corrected chi connectivity index (χ3v) is 5.93. The summed E-state index contributed by atoms with van der Waals surface area (Å²) < 4.78 is 0.805. The van der Waals surface area contributed by atoms with Crippen LogP contribution in [0.3, 0.4) is 0 Å². The summed E-state index contributed by atoms with van der Waals surface area (Å²) in [6.45, 7) is 6.37. The number of carbonyl (C=O) groups excluding carboxylic acids is 2. The molecule has 1 aliphatic heterocycles. The van der Waals surface area contributed by atoms with Gasteiger partial charge in [-0.2, -0.15) is 0 Å². The zero-order chi connectivity index (χ0) is 19.9. The summed E-state index contributed by atoms with van der Waals surface area (Å²) in [7, 11) is 0. The van der Waals surface area contributed by atoms with E-state index < -0.39 is 12.1 Å². The molecule has 0 saturated carbocycles. The van der Waals surface area contributed by atoms with Gasteiger partial charge < -0.3 is 5.32 Å².